The molecule has 2 saturated heterocycles. The van der Waals surface area contributed by atoms with Gasteiger partial charge in [-0.15, -0.1) is 11.6 Å². The smallest absolute Gasteiger partial charge is 0.220 e. The van der Waals surface area contributed by atoms with Crippen molar-refractivity contribution in [2.24, 2.45) is 17.8 Å². The summed E-state index contributed by atoms with van der Waals surface area (Å²) >= 11 is 6.88. The summed E-state index contributed by atoms with van der Waals surface area (Å²) in [6.45, 7) is 8.86. The molecule has 5 N–H and O–H groups in total. The van der Waals surface area contributed by atoms with Crippen LogP contribution in [-0.2, 0) is 19.1 Å². The Kier molecular flexibility index (Phi) is 13.1. The van der Waals surface area contributed by atoms with Gasteiger partial charge in [0.05, 0.1) is 48.4 Å². The second kappa shape index (κ2) is 16.3. The van der Waals surface area contributed by atoms with Gasteiger partial charge in [-0.25, -0.2) is 0 Å². The average molecular weight is 612 g/mol. The second-order valence-corrected chi connectivity index (χ2v) is 13.7. The van der Waals surface area contributed by atoms with E-state index >= 15 is 0 Å². The number of rotatable bonds is 13. The first-order valence-corrected chi connectivity index (χ1v) is 16.5. The van der Waals surface area contributed by atoms with Crippen molar-refractivity contribution in [1.82, 2.24) is 31.6 Å². The van der Waals surface area contributed by atoms with E-state index in [1.54, 1.807) is 0 Å². The lowest BCUT2D eigenvalue weighted by Crippen LogP contribution is -2.66. The Hall–Kier alpha value is -1.07. The maximum atomic E-state index is 12.9. The van der Waals surface area contributed by atoms with Gasteiger partial charge >= 0.3 is 0 Å². The number of hydrogen-bond donors (Lipinski definition) is 5. The van der Waals surface area contributed by atoms with Gasteiger partial charge in [0.25, 0.3) is 0 Å². The highest BCUT2D eigenvalue weighted by Crippen LogP contribution is 2.36. The highest BCUT2D eigenvalue weighted by Gasteiger charge is 2.47. The van der Waals surface area contributed by atoms with E-state index in [4.69, 9.17) is 25.9 Å². The van der Waals surface area contributed by atoms with Crippen LogP contribution in [0.5, 0.6) is 0 Å². The van der Waals surface area contributed by atoms with Gasteiger partial charge in [-0.1, -0.05) is 13.8 Å². The molecule has 0 aromatic rings. The molecule has 4 rings (SSSR count). The minimum Gasteiger partial charge on any atom is -0.376 e. The molecular formula is C30H54ClN7O4. The van der Waals surface area contributed by atoms with E-state index in [1.807, 2.05) is 21.0 Å². The molecule has 240 valence electrons. The fourth-order valence-electron chi connectivity index (χ4n) is 7.03. The van der Waals surface area contributed by atoms with Gasteiger partial charge in [0.15, 0.2) is 6.23 Å². The van der Waals surface area contributed by atoms with Crippen molar-refractivity contribution in [3.05, 3.63) is 0 Å². The van der Waals surface area contributed by atoms with E-state index in [1.165, 1.54) is 0 Å². The van der Waals surface area contributed by atoms with Crippen molar-refractivity contribution in [2.45, 2.75) is 120 Å². The molecule has 0 spiro atoms. The Bertz CT molecular complexity index is 892. The van der Waals surface area contributed by atoms with Crippen LogP contribution in [0.2, 0.25) is 0 Å². The van der Waals surface area contributed by atoms with Gasteiger partial charge in [-0.2, -0.15) is 10.7 Å². The predicted octanol–water partition coefficient (Wildman–Crippen LogP) is 1.68. The molecule has 42 heavy (non-hydrogen) atoms. The standard InChI is InChI=1S/C30H54ClN7O4/c1-6-40-26-14-23-21(13-24(26)35-27(39)8-7-11-38(4)5)29(19(15-32)16-33-23)34-20-9-10-25(22(31)12-20)41-17-28-36-30(18(2)3)37-42-28/h18-26,28-30,33-34,36-37H,6-14,16-17H2,1-5H3,(H,35,39). The molecule has 12 heteroatoms. The quantitative estimate of drug-likeness (QED) is 0.196. The fourth-order valence-corrected chi connectivity index (χ4v) is 7.44. The molecular weight excluding hydrogens is 558 g/mol. The summed E-state index contributed by atoms with van der Waals surface area (Å²) in [6, 6.07) is 2.96. The van der Waals surface area contributed by atoms with E-state index in [0.717, 1.165) is 45.1 Å². The lowest BCUT2D eigenvalue weighted by atomic mass is 9.69. The van der Waals surface area contributed by atoms with Gasteiger partial charge in [-0.05, 0) is 77.9 Å². The normalized spacial score (nSPS) is 38.8. The summed E-state index contributed by atoms with van der Waals surface area (Å²) in [7, 11) is 4.04. The predicted molar refractivity (Wildman–Crippen MR) is 162 cm³/mol. The van der Waals surface area contributed by atoms with E-state index in [2.05, 4.69) is 51.6 Å². The average Bonchev–Trinajstić information content (AvgIpc) is 3.43. The molecule has 0 bridgehead atoms. The monoisotopic (exact) mass is 611 g/mol. The number of nitrogens with zero attached hydrogens (tertiary/aromatic N) is 2. The van der Waals surface area contributed by atoms with Gasteiger partial charge < -0.3 is 30.3 Å². The number of hydroxylamine groups is 1. The van der Waals surface area contributed by atoms with Crippen molar-refractivity contribution in [3.63, 3.8) is 0 Å². The van der Waals surface area contributed by atoms with Gasteiger partial charge in [0.1, 0.15) is 0 Å². The molecule has 4 aliphatic rings. The van der Waals surface area contributed by atoms with Crippen LogP contribution in [0.3, 0.4) is 0 Å². The Morgan fingerprint density at radius 3 is 2.67 bits per heavy atom. The zero-order chi connectivity index (χ0) is 30.2. The molecule has 0 radical (unpaired) electrons. The van der Waals surface area contributed by atoms with Crippen LogP contribution < -0.4 is 26.7 Å². The first kappa shape index (κ1) is 33.8. The van der Waals surface area contributed by atoms with E-state index in [0.29, 0.717) is 32.1 Å². The number of carbonyl (C=O) groups is 1. The molecule has 2 heterocycles. The number of fused-ring (bicyclic) bond motifs is 1. The molecule has 0 aromatic heterocycles. The van der Waals surface area contributed by atoms with Gasteiger partial charge in [0, 0.05) is 37.7 Å². The maximum Gasteiger partial charge on any atom is 0.220 e. The van der Waals surface area contributed by atoms with Crippen LogP contribution in [0, 0.1) is 29.1 Å². The first-order chi connectivity index (χ1) is 20.2. The Morgan fingerprint density at radius 1 is 1.19 bits per heavy atom. The van der Waals surface area contributed by atoms with Gasteiger partial charge in [0.2, 0.25) is 5.91 Å². The van der Waals surface area contributed by atoms with Crippen molar-refractivity contribution in [2.75, 3.05) is 40.4 Å². The minimum atomic E-state index is -0.187. The lowest BCUT2D eigenvalue weighted by molar-refractivity contribution is -0.124. The fraction of sp³-hybridized carbons (Fsp3) is 0.933. The van der Waals surface area contributed by atoms with Crippen LogP contribution in [-0.4, -0.2) is 105 Å². The number of piperidine rings is 1. The topological polar surface area (TPSA) is 132 Å². The van der Waals surface area contributed by atoms with E-state index in [-0.39, 0.29) is 71.9 Å². The second-order valence-electron chi connectivity index (χ2n) is 13.2. The maximum absolute atomic E-state index is 12.9. The highest BCUT2D eigenvalue weighted by atomic mass is 35.5. The molecule has 2 saturated carbocycles. The Labute approximate surface area is 257 Å². The zero-order valence-corrected chi connectivity index (χ0v) is 26.9. The summed E-state index contributed by atoms with van der Waals surface area (Å²) in [5.41, 5.74) is 3.03. The van der Waals surface area contributed by atoms with Crippen molar-refractivity contribution >= 4 is 17.5 Å². The van der Waals surface area contributed by atoms with E-state index < -0.39 is 0 Å². The summed E-state index contributed by atoms with van der Waals surface area (Å²) in [5, 5.41) is 24.2. The summed E-state index contributed by atoms with van der Waals surface area (Å²) in [6.07, 6.45) is 5.36. The number of amides is 1. The third-order valence-corrected chi connectivity index (χ3v) is 9.81. The molecule has 1 amide bonds. The van der Waals surface area contributed by atoms with Crippen LogP contribution in [0.4, 0.5) is 0 Å². The first-order valence-electron chi connectivity index (χ1n) is 16.1. The lowest BCUT2D eigenvalue weighted by Gasteiger charge is -2.50. The number of halogens is 1. The van der Waals surface area contributed by atoms with Gasteiger partial charge in [-0.3, -0.25) is 14.9 Å². The Morgan fingerprint density at radius 2 is 2.00 bits per heavy atom. The highest BCUT2D eigenvalue weighted by molar-refractivity contribution is 6.21. The molecule has 11 nitrogen and oxygen atoms in total. The summed E-state index contributed by atoms with van der Waals surface area (Å²) in [5.74, 6) is 0.549. The molecule has 11 atom stereocenters. The molecule has 0 aromatic carbocycles. The van der Waals surface area contributed by atoms with Crippen LogP contribution in [0.15, 0.2) is 0 Å². The zero-order valence-electron chi connectivity index (χ0n) is 26.1. The number of nitriles is 1. The van der Waals surface area contributed by atoms with Crippen molar-refractivity contribution < 1.29 is 19.1 Å². The minimum absolute atomic E-state index is 0.0263. The number of ether oxygens (including phenoxy) is 2. The van der Waals surface area contributed by atoms with Crippen LogP contribution in [0.1, 0.15) is 65.7 Å². The third kappa shape index (κ3) is 9.22. The third-order valence-electron chi connectivity index (χ3n) is 9.35. The Balaban J connectivity index is 1.32. The van der Waals surface area contributed by atoms with Crippen molar-refractivity contribution in [3.8, 4) is 6.07 Å². The number of carbonyl (C=O) groups excluding carboxylic acids is 1. The SMILES string of the molecule is CCOC1CC2NCC(C#N)C(NC3CCC(OCC4NC(C(C)C)NO4)C(Cl)C3)C2CC1NC(=O)CCCN(C)C. The van der Waals surface area contributed by atoms with Crippen molar-refractivity contribution in [1.29, 1.82) is 5.26 Å². The van der Waals surface area contributed by atoms with E-state index in [9.17, 15) is 10.1 Å². The molecule has 2 aliphatic heterocycles. The number of nitrogens with one attached hydrogen (secondary N) is 5. The molecule has 11 unspecified atom stereocenters. The largest absolute Gasteiger partial charge is 0.376 e. The van der Waals surface area contributed by atoms with Crippen LogP contribution >= 0.6 is 11.6 Å². The number of alkyl halides is 1. The summed E-state index contributed by atoms with van der Waals surface area (Å²) < 4.78 is 12.3. The molecule has 4 fully saturated rings. The molecule has 2 aliphatic carbocycles. The van der Waals surface area contributed by atoms with Crippen LogP contribution in [0.25, 0.3) is 0 Å². The number of hydrogen-bond acceptors (Lipinski definition) is 10. The summed E-state index contributed by atoms with van der Waals surface area (Å²) in [4.78, 5) is 20.6.